The van der Waals surface area contributed by atoms with E-state index in [4.69, 9.17) is 9.47 Å². The van der Waals surface area contributed by atoms with E-state index in [1.807, 2.05) is 0 Å². The molecule has 0 aromatic heterocycles. The molecule has 0 N–H and O–H groups in total. The average Bonchev–Trinajstić information content (AvgIpc) is 3.44. The molecule has 3 heteroatoms. The maximum Gasteiger partial charge on any atom is 0.158 e. The topological polar surface area (TPSA) is 21.7 Å². The van der Waals surface area contributed by atoms with Crippen LogP contribution in [0.25, 0.3) is 0 Å². The molecule has 1 saturated heterocycles. The summed E-state index contributed by atoms with van der Waals surface area (Å²) in [6.45, 7) is 9.92. The lowest BCUT2D eigenvalue weighted by atomic mass is 10.1. The number of ether oxygens (including phenoxy) is 2. The molecule has 0 radical (unpaired) electrons. The zero-order chi connectivity index (χ0) is 26.5. The molecule has 1 aliphatic heterocycles. The highest BCUT2D eigenvalue weighted by Gasteiger charge is 2.15. The zero-order valence-corrected chi connectivity index (χ0v) is 25.2. The maximum absolute atomic E-state index is 6.22. The Balaban J connectivity index is 2.00. The molecule has 1 aliphatic rings. The minimum absolute atomic E-state index is 0.00124. The molecule has 1 atom stereocenters. The molecular formula is C34H65NO2. The first-order valence-electron chi connectivity index (χ1n) is 16.6. The number of rotatable bonds is 28. The molecule has 218 valence electrons. The zero-order valence-electron chi connectivity index (χ0n) is 25.2. The van der Waals surface area contributed by atoms with Gasteiger partial charge in [-0.1, -0.05) is 115 Å². The van der Waals surface area contributed by atoms with Gasteiger partial charge < -0.3 is 14.4 Å². The van der Waals surface area contributed by atoms with Gasteiger partial charge in [-0.15, -0.1) is 0 Å². The minimum Gasteiger partial charge on any atom is -0.353 e. The second-order valence-electron chi connectivity index (χ2n) is 11.2. The summed E-state index contributed by atoms with van der Waals surface area (Å²) >= 11 is 0. The fraction of sp³-hybridized carbons (Fsp3) is 0.882. The van der Waals surface area contributed by atoms with Crippen molar-refractivity contribution in [1.82, 2.24) is 4.90 Å². The summed E-state index contributed by atoms with van der Waals surface area (Å²) in [6.07, 6.45) is 37.9. The largest absolute Gasteiger partial charge is 0.353 e. The first-order chi connectivity index (χ1) is 18.4. The molecule has 0 bridgehead atoms. The summed E-state index contributed by atoms with van der Waals surface area (Å²) in [6, 6.07) is 0. The lowest BCUT2D eigenvalue weighted by molar-refractivity contribution is -0.149. The van der Waals surface area contributed by atoms with E-state index in [9.17, 15) is 0 Å². The van der Waals surface area contributed by atoms with Crippen molar-refractivity contribution in [2.75, 3.05) is 32.8 Å². The number of allylic oxidation sites excluding steroid dienone is 4. The van der Waals surface area contributed by atoms with Crippen molar-refractivity contribution < 1.29 is 9.47 Å². The number of nitrogens with zero attached hydrogens (tertiary/aromatic N) is 1. The van der Waals surface area contributed by atoms with E-state index >= 15 is 0 Å². The number of hydrogen-bond donors (Lipinski definition) is 0. The smallest absolute Gasteiger partial charge is 0.158 e. The number of unbranched alkanes of at least 4 members (excludes halogenated alkanes) is 15. The monoisotopic (exact) mass is 520 g/mol. The summed E-state index contributed by atoms with van der Waals surface area (Å²) in [5, 5.41) is 0. The molecular weight excluding hydrogens is 454 g/mol. The third kappa shape index (κ3) is 24.2. The van der Waals surface area contributed by atoms with Gasteiger partial charge in [-0.25, -0.2) is 0 Å². The molecule has 0 amide bonds. The van der Waals surface area contributed by atoms with Crippen LogP contribution in [0.15, 0.2) is 24.3 Å². The maximum atomic E-state index is 6.22. The normalized spacial score (nSPS) is 15.5. The summed E-state index contributed by atoms with van der Waals surface area (Å²) < 4.78 is 12.4. The Labute approximate surface area is 232 Å². The molecule has 0 aromatic rings. The Morgan fingerprint density at radius 1 is 0.568 bits per heavy atom. The van der Waals surface area contributed by atoms with Gasteiger partial charge in [0.15, 0.2) is 6.29 Å². The van der Waals surface area contributed by atoms with E-state index < -0.39 is 0 Å². The summed E-state index contributed by atoms with van der Waals surface area (Å²) in [5.41, 5.74) is 0. The first kappa shape index (κ1) is 34.4. The Hall–Kier alpha value is -0.640. The number of hydrogen-bond acceptors (Lipinski definition) is 3. The number of likely N-dealkylation sites (tertiary alicyclic amines) is 1. The van der Waals surface area contributed by atoms with Crippen LogP contribution in [0.3, 0.4) is 0 Å². The van der Waals surface area contributed by atoms with Gasteiger partial charge in [0.25, 0.3) is 0 Å². The third-order valence-electron chi connectivity index (χ3n) is 7.58. The summed E-state index contributed by atoms with van der Waals surface area (Å²) in [5.74, 6) is 0. The molecule has 0 aromatic carbocycles. The van der Waals surface area contributed by atoms with Crippen LogP contribution >= 0.6 is 0 Å². The van der Waals surface area contributed by atoms with Crippen LogP contribution in [-0.4, -0.2) is 44.0 Å². The quantitative estimate of drug-likeness (QED) is 0.0583. The van der Waals surface area contributed by atoms with Crippen LogP contribution in [0.4, 0.5) is 0 Å². The van der Waals surface area contributed by atoms with E-state index in [1.165, 1.54) is 142 Å². The molecule has 0 saturated carbocycles. The SMILES string of the molecule is CCCCC/C=C\C/C=C\CCCCCCCCOC(CCN1CCCC1)OCCCCCCCCC. The fourth-order valence-corrected chi connectivity index (χ4v) is 5.09. The van der Waals surface area contributed by atoms with Crippen molar-refractivity contribution in [2.45, 2.75) is 161 Å². The molecule has 1 fully saturated rings. The van der Waals surface area contributed by atoms with Gasteiger partial charge in [-0.2, -0.15) is 0 Å². The minimum atomic E-state index is -0.00124. The predicted molar refractivity (Wildman–Crippen MR) is 163 cm³/mol. The molecule has 1 unspecified atom stereocenters. The molecule has 0 aliphatic carbocycles. The molecule has 1 rings (SSSR count). The van der Waals surface area contributed by atoms with Gasteiger partial charge in [0.1, 0.15) is 0 Å². The van der Waals surface area contributed by atoms with Gasteiger partial charge in [-0.3, -0.25) is 0 Å². The summed E-state index contributed by atoms with van der Waals surface area (Å²) in [7, 11) is 0. The van der Waals surface area contributed by atoms with Gasteiger partial charge in [0, 0.05) is 26.2 Å². The van der Waals surface area contributed by atoms with E-state index in [1.54, 1.807) is 0 Å². The van der Waals surface area contributed by atoms with Gasteiger partial charge >= 0.3 is 0 Å². The van der Waals surface area contributed by atoms with Crippen molar-refractivity contribution in [2.24, 2.45) is 0 Å². The van der Waals surface area contributed by atoms with Crippen LogP contribution in [0.2, 0.25) is 0 Å². The van der Waals surface area contributed by atoms with Gasteiger partial charge in [0.05, 0.1) is 0 Å². The first-order valence-corrected chi connectivity index (χ1v) is 16.6. The second-order valence-corrected chi connectivity index (χ2v) is 11.2. The van der Waals surface area contributed by atoms with Crippen molar-refractivity contribution in [3.8, 4) is 0 Å². The fourth-order valence-electron chi connectivity index (χ4n) is 5.09. The molecule has 0 spiro atoms. The summed E-state index contributed by atoms with van der Waals surface area (Å²) in [4.78, 5) is 2.58. The van der Waals surface area contributed by atoms with Crippen LogP contribution in [0.1, 0.15) is 155 Å². The van der Waals surface area contributed by atoms with E-state index in [0.717, 1.165) is 32.6 Å². The van der Waals surface area contributed by atoms with Crippen LogP contribution in [0, 0.1) is 0 Å². The highest BCUT2D eigenvalue weighted by molar-refractivity contribution is 4.92. The third-order valence-corrected chi connectivity index (χ3v) is 7.58. The van der Waals surface area contributed by atoms with Crippen LogP contribution in [0.5, 0.6) is 0 Å². The molecule has 37 heavy (non-hydrogen) atoms. The van der Waals surface area contributed by atoms with Crippen molar-refractivity contribution in [3.63, 3.8) is 0 Å². The predicted octanol–water partition coefficient (Wildman–Crippen LogP) is 10.4. The Morgan fingerprint density at radius 3 is 1.59 bits per heavy atom. The van der Waals surface area contributed by atoms with Gasteiger partial charge in [-0.05, 0) is 70.9 Å². The van der Waals surface area contributed by atoms with Crippen molar-refractivity contribution >= 4 is 0 Å². The highest BCUT2D eigenvalue weighted by Crippen LogP contribution is 2.14. The lowest BCUT2D eigenvalue weighted by Gasteiger charge is -2.22. The Morgan fingerprint density at radius 2 is 1.03 bits per heavy atom. The van der Waals surface area contributed by atoms with Crippen LogP contribution < -0.4 is 0 Å². The highest BCUT2D eigenvalue weighted by atomic mass is 16.7. The molecule has 1 heterocycles. The van der Waals surface area contributed by atoms with E-state index in [2.05, 4.69) is 43.1 Å². The van der Waals surface area contributed by atoms with Crippen molar-refractivity contribution in [1.29, 1.82) is 0 Å². The second kappa shape index (κ2) is 28.4. The standard InChI is InChI=1S/C34H65NO2/c1-3-5-7-9-11-12-13-14-15-16-17-18-19-21-23-27-33-37-34(28-31-35-29-24-25-30-35)36-32-26-22-20-10-8-6-4-2/h11-12,14-15,34H,3-10,13,16-33H2,1-2H3/b12-11-,15-14-. The average molecular weight is 520 g/mol. The molecule has 3 nitrogen and oxygen atoms in total. The Bertz CT molecular complexity index is 498. The van der Waals surface area contributed by atoms with Gasteiger partial charge in [0.2, 0.25) is 0 Å². The lowest BCUT2D eigenvalue weighted by Crippen LogP contribution is -2.27. The van der Waals surface area contributed by atoms with Crippen LogP contribution in [-0.2, 0) is 9.47 Å². The Kier molecular flexibility index (Phi) is 26.4. The van der Waals surface area contributed by atoms with E-state index in [-0.39, 0.29) is 6.29 Å². The van der Waals surface area contributed by atoms with E-state index in [0.29, 0.717) is 0 Å². The van der Waals surface area contributed by atoms with Crippen molar-refractivity contribution in [3.05, 3.63) is 24.3 Å².